The molecule has 4 nitrogen and oxygen atoms in total. The Morgan fingerprint density at radius 1 is 1.56 bits per heavy atom. The van der Waals surface area contributed by atoms with E-state index in [4.69, 9.17) is 0 Å². The van der Waals surface area contributed by atoms with Crippen molar-refractivity contribution in [2.45, 2.75) is 39.3 Å². The Morgan fingerprint density at radius 2 is 2.28 bits per heavy atom. The summed E-state index contributed by atoms with van der Waals surface area (Å²) in [6.45, 7) is 5.17. The van der Waals surface area contributed by atoms with E-state index in [-0.39, 0.29) is 12.0 Å². The van der Waals surface area contributed by atoms with Gasteiger partial charge in [-0.15, -0.1) is 0 Å². The van der Waals surface area contributed by atoms with E-state index in [9.17, 15) is 9.90 Å². The summed E-state index contributed by atoms with van der Waals surface area (Å²) in [4.78, 5) is 11.6. The number of amides is 1. The molecule has 0 radical (unpaired) electrons. The molecule has 1 heterocycles. The number of hydrogen-bond acceptors (Lipinski definition) is 2. The molecule has 1 amide bonds. The van der Waals surface area contributed by atoms with Crippen molar-refractivity contribution in [1.29, 1.82) is 0 Å². The van der Waals surface area contributed by atoms with E-state index >= 15 is 0 Å². The second-order valence-corrected chi connectivity index (χ2v) is 5.60. The molecule has 1 atom stereocenters. The SMILES string of the molecule is CC(C)CNC(=O)Cn1ccc(C(O)C2CC2)c1. The highest BCUT2D eigenvalue weighted by atomic mass is 16.3. The summed E-state index contributed by atoms with van der Waals surface area (Å²) >= 11 is 0. The van der Waals surface area contributed by atoms with Crippen molar-refractivity contribution < 1.29 is 9.90 Å². The first kappa shape index (κ1) is 13.1. The zero-order valence-corrected chi connectivity index (χ0v) is 11.1. The van der Waals surface area contributed by atoms with Crippen LogP contribution in [0.15, 0.2) is 18.5 Å². The van der Waals surface area contributed by atoms with Gasteiger partial charge in [0.2, 0.25) is 5.91 Å². The van der Waals surface area contributed by atoms with Gasteiger partial charge in [-0.3, -0.25) is 4.79 Å². The van der Waals surface area contributed by atoms with Gasteiger partial charge < -0.3 is 15.0 Å². The van der Waals surface area contributed by atoms with Crippen LogP contribution in [-0.4, -0.2) is 22.1 Å². The minimum Gasteiger partial charge on any atom is -0.388 e. The summed E-state index contributed by atoms with van der Waals surface area (Å²) in [5, 5.41) is 12.9. The van der Waals surface area contributed by atoms with E-state index in [2.05, 4.69) is 19.2 Å². The lowest BCUT2D eigenvalue weighted by molar-refractivity contribution is -0.121. The van der Waals surface area contributed by atoms with Crippen LogP contribution in [0.2, 0.25) is 0 Å². The fraction of sp³-hybridized carbons (Fsp3) is 0.643. The molecule has 4 heteroatoms. The number of carbonyl (C=O) groups excluding carboxylic acids is 1. The summed E-state index contributed by atoms with van der Waals surface area (Å²) in [7, 11) is 0. The van der Waals surface area contributed by atoms with E-state index in [0.29, 0.717) is 24.9 Å². The second-order valence-electron chi connectivity index (χ2n) is 5.60. The summed E-state index contributed by atoms with van der Waals surface area (Å²) in [5.74, 6) is 0.910. The largest absolute Gasteiger partial charge is 0.388 e. The first-order valence-corrected chi connectivity index (χ1v) is 6.66. The van der Waals surface area contributed by atoms with Crippen molar-refractivity contribution in [3.63, 3.8) is 0 Å². The van der Waals surface area contributed by atoms with Gasteiger partial charge in [0, 0.05) is 18.9 Å². The third kappa shape index (κ3) is 3.60. The molecule has 2 rings (SSSR count). The molecule has 0 bridgehead atoms. The Morgan fingerprint density at radius 3 is 2.89 bits per heavy atom. The minimum atomic E-state index is -0.357. The number of nitrogens with zero attached hydrogens (tertiary/aromatic N) is 1. The summed E-state index contributed by atoms with van der Waals surface area (Å²) < 4.78 is 1.83. The molecule has 0 spiro atoms. The van der Waals surface area contributed by atoms with Crippen LogP contribution >= 0.6 is 0 Å². The topological polar surface area (TPSA) is 54.3 Å². The number of aliphatic hydroxyl groups excluding tert-OH is 1. The average molecular weight is 250 g/mol. The van der Waals surface area contributed by atoms with Crippen molar-refractivity contribution in [3.8, 4) is 0 Å². The number of aliphatic hydroxyl groups is 1. The van der Waals surface area contributed by atoms with Gasteiger partial charge >= 0.3 is 0 Å². The van der Waals surface area contributed by atoms with Gasteiger partial charge in [0.15, 0.2) is 0 Å². The lowest BCUT2D eigenvalue weighted by atomic mass is 10.1. The van der Waals surface area contributed by atoms with Crippen LogP contribution in [0, 0.1) is 11.8 Å². The lowest BCUT2D eigenvalue weighted by Crippen LogP contribution is -2.30. The van der Waals surface area contributed by atoms with E-state index in [1.54, 1.807) is 0 Å². The molecule has 1 unspecified atom stereocenters. The van der Waals surface area contributed by atoms with Crippen molar-refractivity contribution in [2.75, 3.05) is 6.54 Å². The molecule has 1 aromatic heterocycles. The Labute approximate surface area is 108 Å². The third-order valence-corrected chi connectivity index (χ3v) is 3.22. The van der Waals surface area contributed by atoms with Gasteiger partial charge in [-0.25, -0.2) is 0 Å². The van der Waals surface area contributed by atoms with Crippen LogP contribution < -0.4 is 5.32 Å². The molecule has 1 aliphatic carbocycles. The highest BCUT2D eigenvalue weighted by Crippen LogP contribution is 2.40. The molecule has 0 saturated heterocycles. The van der Waals surface area contributed by atoms with Crippen LogP contribution in [0.1, 0.15) is 38.4 Å². The molecule has 2 N–H and O–H groups in total. The smallest absolute Gasteiger partial charge is 0.239 e. The van der Waals surface area contributed by atoms with Crippen LogP contribution in [0.5, 0.6) is 0 Å². The van der Waals surface area contributed by atoms with Gasteiger partial charge in [0.05, 0.1) is 6.10 Å². The zero-order chi connectivity index (χ0) is 13.1. The summed E-state index contributed by atoms with van der Waals surface area (Å²) in [5.41, 5.74) is 0.925. The second kappa shape index (κ2) is 5.57. The quantitative estimate of drug-likeness (QED) is 0.807. The first-order chi connectivity index (χ1) is 8.56. The maximum Gasteiger partial charge on any atom is 0.239 e. The van der Waals surface area contributed by atoms with Crippen LogP contribution in [0.3, 0.4) is 0 Å². The van der Waals surface area contributed by atoms with Crippen molar-refractivity contribution in [2.24, 2.45) is 11.8 Å². The van der Waals surface area contributed by atoms with Gasteiger partial charge in [-0.1, -0.05) is 13.8 Å². The zero-order valence-electron chi connectivity index (χ0n) is 11.1. The molecular weight excluding hydrogens is 228 g/mol. The molecular formula is C14H22N2O2. The van der Waals surface area contributed by atoms with Crippen molar-refractivity contribution >= 4 is 5.91 Å². The summed E-state index contributed by atoms with van der Waals surface area (Å²) in [6.07, 6.45) is 5.60. The van der Waals surface area contributed by atoms with Crippen LogP contribution in [-0.2, 0) is 11.3 Å². The Bertz CT molecular complexity index is 408. The van der Waals surface area contributed by atoms with E-state index in [1.807, 2.05) is 23.0 Å². The number of hydrogen-bond donors (Lipinski definition) is 2. The summed E-state index contributed by atoms with van der Waals surface area (Å²) in [6, 6.07) is 1.90. The minimum absolute atomic E-state index is 0.0201. The van der Waals surface area contributed by atoms with E-state index < -0.39 is 0 Å². The third-order valence-electron chi connectivity index (χ3n) is 3.22. The number of carbonyl (C=O) groups is 1. The van der Waals surface area contributed by atoms with Crippen molar-refractivity contribution in [1.82, 2.24) is 9.88 Å². The molecule has 18 heavy (non-hydrogen) atoms. The van der Waals surface area contributed by atoms with E-state index in [0.717, 1.165) is 18.4 Å². The number of aromatic nitrogens is 1. The van der Waals surface area contributed by atoms with Gasteiger partial charge in [0.1, 0.15) is 6.54 Å². The standard InChI is InChI=1S/C14H22N2O2/c1-10(2)7-15-13(17)9-16-6-5-12(8-16)14(18)11-3-4-11/h5-6,8,10-11,14,18H,3-4,7,9H2,1-2H3,(H,15,17). The van der Waals surface area contributed by atoms with Crippen LogP contribution in [0.4, 0.5) is 0 Å². The fourth-order valence-electron chi connectivity index (χ4n) is 1.96. The maximum atomic E-state index is 11.6. The van der Waals surface area contributed by atoms with Gasteiger partial charge in [0.25, 0.3) is 0 Å². The molecule has 1 aromatic rings. The Balaban J connectivity index is 1.84. The molecule has 0 aromatic carbocycles. The molecule has 1 fully saturated rings. The first-order valence-electron chi connectivity index (χ1n) is 6.66. The Kier molecular flexibility index (Phi) is 4.07. The predicted octanol–water partition coefficient (Wildman–Crippen LogP) is 1.70. The molecule has 1 aliphatic rings. The van der Waals surface area contributed by atoms with Crippen LogP contribution in [0.25, 0.3) is 0 Å². The monoisotopic (exact) mass is 250 g/mol. The molecule has 1 saturated carbocycles. The van der Waals surface area contributed by atoms with Gasteiger partial charge in [-0.2, -0.15) is 0 Å². The fourth-order valence-corrected chi connectivity index (χ4v) is 1.96. The maximum absolute atomic E-state index is 11.6. The number of nitrogens with one attached hydrogen (secondary N) is 1. The number of rotatable bonds is 6. The van der Waals surface area contributed by atoms with Crippen molar-refractivity contribution in [3.05, 3.63) is 24.0 Å². The highest BCUT2D eigenvalue weighted by molar-refractivity contribution is 5.75. The van der Waals surface area contributed by atoms with Gasteiger partial charge in [-0.05, 0) is 36.3 Å². The normalized spacial score (nSPS) is 16.9. The predicted molar refractivity (Wildman–Crippen MR) is 70.0 cm³/mol. The van der Waals surface area contributed by atoms with E-state index in [1.165, 1.54) is 0 Å². The average Bonchev–Trinajstić information content (AvgIpc) is 3.07. The molecule has 100 valence electrons. The Hall–Kier alpha value is -1.29. The lowest BCUT2D eigenvalue weighted by Gasteiger charge is -2.08. The molecule has 0 aliphatic heterocycles. The highest BCUT2D eigenvalue weighted by Gasteiger charge is 2.31.